The van der Waals surface area contributed by atoms with E-state index in [2.05, 4.69) is 20.8 Å². The molecule has 0 bridgehead atoms. The van der Waals surface area contributed by atoms with Gasteiger partial charge in [0.05, 0.1) is 16.9 Å². The maximum absolute atomic E-state index is 13.0. The van der Waals surface area contributed by atoms with E-state index < -0.39 is 0 Å². The maximum Gasteiger partial charge on any atom is 0.230 e. The number of rotatable bonds is 5. The van der Waals surface area contributed by atoms with E-state index in [1.807, 2.05) is 41.3 Å². The summed E-state index contributed by atoms with van der Waals surface area (Å²) in [6, 6.07) is 13.2. The summed E-state index contributed by atoms with van der Waals surface area (Å²) in [6.45, 7) is 4.86. The van der Waals surface area contributed by atoms with Crippen molar-refractivity contribution in [2.45, 2.75) is 25.2 Å². The molecule has 2 fully saturated rings. The van der Waals surface area contributed by atoms with Gasteiger partial charge in [-0.3, -0.25) is 9.59 Å². The molecule has 2 saturated heterocycles. The van der Waals surface area contributed by atoms with Gasteiger partial charge in [0.2, 0.25) is 5.91 Å². The van der Waals surface area contributed by atoms with Gasteiger partial charge in [-0.15, -0.1) is 0 Å². The van der Waals surface area contributed by atoms with E-state index >= 15 is 0 Å². The molecular weight excluding hydrogens is 456 g/mol. The van der Waals surface area contributed by atoms with E-state index in [0.717, 1.165) is 54.7 Å². The van der Waals surface area contributed by atoms with E-state index in [1.165, 1.54) is 19.1 Å². The van der Waals surface area contributed by atoms with Crippen molar-refractivity contribution >= 4 is 32.8 Å². The lowest BCUT2D eigenvalue weighted by Gasteiger charge is -2.21. The zero-order chi connectivity index (χ0) is 21.4. The molecule has 6 heteroatoms. The average Bonchev–Trinajstić information content (AvgIpc) is 3.43. The fraction of sp³-hybridized carbons (Fsp3) is 0.360. The summed E-state index contributed by atoms with van der Waals surface area (Å²) in [5.74, 6) is 0.0341. The lowest BCUT2D eigenvalue weighted by molar-refractivity contribution is -0.129. The highest BCUT2D eigenvalue weighted by Crippen LogP contribution is 2.31. The molecule has 3 heterocycles. The summed E-state index contributed by atoms with van der Waals surface area (Å²) in [5, 5.41) is 0.542. The first-order valence-corrected chi connectivity index (χ1v) is 11.7. The van der Waals surface area contributed by atoms with Crippen molar-refractivity contribution < 1.29 is 9.21 Å². The number of hydrogen-bond donors (Lipinski definition) is 0. The van der Waals surface area contributed by atoms with Crippen LogP contribution >= 0.6 is 15.9 Å². The van der Waals surface area contributed by atoms with Crippen LogP contribution in [-0.2, 0) is 4.79 Å². The number of halogens is 1. The molecule has 1 atom stereocenters. The van der Waals surface area contributed by atoms with Gasteiger partial charge >= 0.3 is 0 Å². The summed E-state index contributed by atoms with van der Waals surface area (Å²) in [6.07, 6.45) is 4.87. The molecule has 1 aromatic heterocycles. The molecule has 1 amide bonds. The molecule has 0 spiro atoms. The summed E-state index contributed by atoms with van der Waals surface area (Å²) < 4.78 is 6.80. The van der Waals surface area contributed by atoms with Crippen LogP contribution in [0.4, 0.5) is 0 Å². The van der Waals surface area contributed by atoms with Gasteiger partial charge in [0.25, 0.3) is 0 Å². The van der Waals surface area contributed by atoms with Crippen LogP contribution in [0.15, 0.2) is 62.4 Å². The van der Waals surface area contributed by atoms with Crippen molar-refractivity contribution in [3.8, 4) is 11.1 Å². The Hall–Kier alpha value is -2.44. The number of likely N-dealkylation sites (tertiary alicyclic amines) is 2. The minimum Gasteiger partial charge on any atom is -0.463 e. The molecule has 0 N–H and O–H groups in total. The van der Waals surface area contributed by atoms with Crippen molar-refractivity contribution in [3.63, 3.8) is 0 Å². The number of fused-ring (bicyclic) bond motifs is 1. The highest BCUT2D eigenvalue weighted by Gasteiger charge is 2.33. The van der Waals surface area contributed by atoms with Crippen LogP contribution < -0.4 is 5.43 Å². The van der Waals surface area contributed by atoms with E-state index in [0.29, 0.717) is 16.5 Å². The SMILES string of the molecule is O=C1C(c2ccc3c(=O)c(-c4ccc(Br)cc4)coc3c2)CCN1CCN1CCCC1. The molecule has 0 radical (unpaired) electrons. The first-order valence-electron chi connectivity index (χ1n) is 10.9. The molecule has 31 heavy (non-hydrogen) atoms. The second kappa shape index (κ2) is 8.60. The van der Waals surface area contributed by atoms with Gasteiger partial charge < -0.3 is 14.2 Å². The normalized spacial score (nSPS) is 19.6. The van der Waals surface area contributed by atoms with Crippen LogP contribution in [0.5, 0.6) is 0 Å². The zero-order valence-electron chi connectivity index (χ0n) is 17.4. The topological polar surface area (TPSA) is 53.8 Å². The minimum atomic E-state index is -0.153. The monoisotopic (exact) mass is 480 g/mol. The van der Waals surface area contributed by atoms with Crippen molar-refractivity contribution in [2.24, 2.45) is 0 Å². The number of carbonyl (C=O) groups is 1. The Morgan fingerprint density at radius 2 is 1.74 bits per heavy atom. The average molecular weight is 481 g/mol. The third-order valence-corrected chi connectivity index (χ3v) is 7.07. The Kier molecular flexibility index (Phi) is 5.67. The fourth-order valence-electron chi connectivity index (χ4n) is 4.73. The van der Waals surface area contributed by atoms with Crippen LogP contribution in [0, 0.1) is 0 Å². The molecule has 2 aromatic carbocycles. The smallest absolute Gasteiger partial charge is 0.230 e. The Balaban J connectivity index is 1.36. The number of amides is 1. The molecule has 2 aliphatic rings. The number of nitrogens with zero attached hydrogens (tertiary/aromatic N) is 2. The largest absolute Gasteiger partial charge is 0.463 e. The van der Waals surface area contributed by atoms with Gasteiger partial charge in [0.1, 0.15) is 11.8 Å². The Morgan fingerprint density at radius 3 is 2.52 bits per heavy atom. The number of benzene rings is 2. The number of carbonyl (C=O) groups excluding carboxylic acids is 1. The Morgan fingerprint density at radius 1 is 0.968 bits per heavy atom. The molecule has 0 aliphatic carbocycles. The number of hydrogen-bond acceptors (Lipinski definition) is 4. The molecule has 5 rings (SSSR count). The summed E-state index contributed by atoms with van der Waals surface area (Å²) >= 11 is 3.42. The standard InChI is InChI=1S/C25H25BrN2O3/c26-19-6-3-17(4-7-19)22-16-31-23-15-18(5-8-21(23)24(22)29)20-9-12-28(25(20)30)14-13-27-10-1-2-11-27/h3-8,15-16,20H,1-2,9-14H2. The van der Waals surface area contributed by atoms with Crippen molar-refractivity contribution in [1.82, 2.24) is 9.80 Å². The first kappa shape index (κ1) is 20.5. The molecule has 5 nitrogen and oxygen atoms in total. The van der Waals surface area contributed by atoms with Crippen molar-refractivity contribution in [2.75, 3.05) is 32.7 Å². The van der Waals surface area contributed by atoms with Gasteiger partial charge in [-0.05, 0) is 67.7 Å². The van der Waals surface area contributed by atoms with Gasteiger partial charge in [0.15, 0.2) is 5.43 Å². The van der Waals surface area contributed by atoms with Gasteiger partial charge in [-0.2, -0.15) is 0 Å². The van der Waals surface area contributed by atoms with Gasteiger partial charge in [0, 0.05) is 24.1 Å². The highest BCUT2D eigenvalue weighted by atomic mass is 79.9. The third-order valence-electron chi connectivity index (χ3n) is 6.54. The zero-order valence-corrected chi connectivity index (χ0v) is 18.9. The van der Waals surface area contributed by atoms with E-state index in [-0.39, 0.29) is 17.3 Å². The molecule has 160 valence electrons. The van der Waals surface area contributed by atoms with E-state index in [9.17, 15) is 9.59 Å². The van der Waals surface area contributed by atoms with Crippen molar-refractivity contribution in [1.29, 1.82) is 0 Å². The van der Waals surface area contributed by atoms with Crippen LogP contribution in [0.1, 0.15) is 30.7 Å². The quantitative estimate of drug-likeness (QED) is 0.533. The lowest BCUT2D eigenvalue weighted by Crippen LogP contribution is -2.35. The molecule has 2 aliphatic heterocycles. The van der Waals surface area contributed by atoms with E-state index in [4.69, 9.17) is 4.42 Å². The fourth-order valence-corrected chi connectivity index (χ4v) is 4.99. The second-order valence-electron chi connectivity index (χ2n) is 8.46. The first-order chi connectivity index (χ1) is 15.1. The maximum atomic E-state index is 13.0. The molecule has 1 unspecified atom stereocenters. The molecule has 3 aromatic rings. The molecular formula is C25H25BrN2O3. The summed E-state index contributed by atoms with van der Waals surface area (Å²) in [5.41, 5.74) is 2.77. The van der Waals surface area contributed by atoms with Crippen LogP contribution in [0.2, 0.25) is 0 Å². The third kappa shape index (κ3) is 4.06. The second-order valence-corrected chi connectivity index (χ2v) is 9.37. The predicted octanol–water partition coefficient (Wildman–Crippen LogP) is 4.63. The highest BCUT2D eigenvalue weighted by molar-refractivity contribution is 9.10. The summed E-state index contributed by atoms with van der Waals surface area (Å²) in [7, 11) is 0. The predicted molar refractivity (Wildman–Crippen MR) is 125 cm³/mol. The van der Waals surface area contributed by atoms with Crippen LogP contribution in [0.3, 0.4) is 0 Å². The Bertz CT molecular complexity index is 1170. The van der Waals surface area contributed by atoms with Crippen LogP contribution in [-0.4, -0.2) is 48.4 Å². The summed E-state index contributed by atoms with van der Waals surface area (Å²) in [4.78, 5) is 30.4. The minimum absolute atomic E-state index is 0.0555. The van der Waals surface area contributed by atoms with Crippen LogP contribution in [0.25, 0.3) is 22.1 Å². The Labute approximate surface area is 189 Å². The molecule has 0 saturated carbocycles. The van der Waals surface area contributed by atoms with Crippen molar-refractivity contribution in [3.05, 3.63) is 69.0 Å². The van der Waals surface area contributed by atoms with Gasteiger partial charge in [-0.1, -0.05) is 34.1 Å². The lowest BCUT2D eigenvalue weighted by atomic mass is 9.96. The van der Waals surface area contributed by atoms with E-state index in [1.54, 1.807) is 6.07 Å². The van der Waals surface area contributed by atoms with Gasteiger partial charge in [-0.25, -0.2) is 0 Å².